The van der Waals surface area contributed by atoms with Gasteiger partial charge in [-0.3, -0.25) is 9.59 Å². The van der Waals surface area contributed by atoms with E-state index < -0.39 is 0 Å². The number of nitrogens with zero attached hydrogens (tertiary/aromatic N) is 3. The third-order valence-corrected chi connectivity index (χ3v) is 4.74. The highest BCUT2D eigenvalue weighted by atomic mass is 16.2. The lowest BCUT2D eigenvalue weighted by Gasteiger charge is -2.23. The molecule has 7 heteroatoms. The molecule has 0 saturated heterocycles. The summed E-state index contributed by atoms with van der Waals surface area (Å²) < 4.78 is 1.85. The molecule has 0 spiro atoms. The van der Waals surface area contributed by atoms with Crippen molar-refractivity contribution in [3.8, 4) is 0 Å². The molecule has 1 atom stereocenters. The maximum Gasteiger partial charge on any atom is 0.251 e. The van der Waals surface area contributed by atoms with E-state index in [1.165, 1.54) is 0 Å². The van der Waals surface area contributed by atoms with Crippen LogP contribution in [0.1, 0.15) is 67.2 Å². The van der Waals surface area contributed by atoms with Gasteiger partial charge >= 0.3 is 0 Å². The van der Waals surface area contributed by atoms with Gasteiger partial charge in [0.25, 0.3) is 5.91 Å². The van der Waals surface area contributed by atoms with Crippen LogP contribution in [0.4, 0.5) is 0 Å². The van der Waals surface area contributed by atoms with Crippen LogP contribution >= 0.6 is 0 Å². The van der Waals surface area contributed by atoms with E-state index in [0.717, 1.165) is 30.8 Å². The van der Waals surface area contributed by atoms with Crippen molar-refractivity contribution in [1.29, 1.82) is 0 Å². The summed E-state index contributed by atoms with van der Waals surface area (Å²) in [5.41, 5.74) is 1.74. The van der Waals surface area contributed by atoms with Gasteiger partial charge in [-0.25, -0.2) is 9.67 Å². The lowest BCUT2D eigenvalue weighted by Crippen LogP contribution is -2.40. The number of carbonyl (C=O) groups is 2. The van der Waals surface area contributed by atoms with Gasteiger partial charge in [0.05, 0.1) is 12.6 Å². The van der Waals surface area contributed by atoms with E-state index in [2.05, 4.69) is 41.5 Å². The third-order valence-electron chi connectivity index (χ3n) is 4.74. The maximum atomic E-state index is 12.3. The van der Waals surface area contributed by atoms with E-state index in [9.17, 15) is 9.59 Å². The molecule has 2 aromatic rings. The van der Waals surface area contributed by atoms with Crippen molar-refractivity contribution in [3.05, 3.63) is 47.0 Å². The summed E-state index contributed by atoms with van der Waals surface area (Å²) in [7, 11) is 0. The first-order valence-electron chi connectivity index (χ1n) is 9.33. The van der Waals surface area contributed by atoms with E-state index in [1.807, 2.05) is 23.7 Å². The fourth-order valence-electron chi connectivity index (χ4n) is 3.23. The van der Waals surface area contributed by atoms with Gasteiger partial charge in [0, 0.05) is 12.1 Å². The molecule has 7 nitrogen and oxygen atoms in total. The fourth-order valence-corrected chi connectivity index (χ4v) is 3.23. The Morgan fingerprint density at radius 3 is 2.59 bits per heavy atom. The molecule has 27 heavy (non-hydrogen) atoms. The second kappa shape index (κ2) is 7.50. The lowest BCUT2D eigenvalue weighted by atomic mass is 9.87. The number of aryl methyl sites for hydroxylation is 2. The van der Waals surface area contributed by atoms with Crippen molar-refractivity contribution in [3.63, 3.8) is 0 Å². The monoisotopic (exact) mass is 369 g/mol. The summed E-state index contributed by atoms with van der Waals surface area (Å²) in [5.74, 6) is 1.01. The first-order valence-corrected chi connectivity index (χ1v) is 9.33. The summed E-state index contributed by atoms with van der Waals surface area (Å²) in [4.78, 5) is 29.0. The van der Waals surface area contributed by atoms with Crippen molar-refractivity contribution >= 4 is 11.8 Å². The summed E-state index contributed by atoms with van der Waals surface area (Å²) >= 11 is 0. The molecule has 2 amide bonds. The second-order valence-electron chi connectivity index (χ2n) is 8.01. The molecule has 0 unspecified atom stereocenters. The smallest absolute Gasteiger partial charge is 0.251 e. The highest BCUT2D eigenvalue weighted by Crippen LogP contribution is 2.23. The second-order valence-corrected chi connectivity index (χ2v) is 8.01. The largest absolute Gasteiger partial charge is 0.345 e. The molecular formula is C20H27N5O2. The molecule has 0 saturated carbocycles. The Bertz CT molecular complexity index is 833. The van der Waals surface area contributed by atoms with Crippen LogP contribution in [0.2, 0.25) is 0 Å². The highest BCUT2D eigenvalue weighted by molar-refractivity contribution is 5.96. The molecule has 2 N–H and O–H groups in total. The average Bonchev–Trinajstić information content (AvgIpc) is 3.00. The van der Waals surface area contributed by atoms with Gasteiger partial charge in [0.1, 0.15) is 11.6 Å². The van der Waals surface area contributed by atoms with Gasteiger partial charge in [-0.2, -0.15) is 5.10 Å². The third kappa shape index (κ3) is 4.53. The molecule has 144 valence electrons. The van der Waals surface area contributed by atoms with Crippen LogP contribution in [0.5, 0.6) is 0 Å². The molecule has 1 aromatic carbocycles. The normalized spacial score (nSPS) is 16.5. The Morgan fingerprint density at radius 1 is 1.22 bits per heavy atom. The summed E-state index contributed by atoms with van der Waals surface area (Å²) in [5, 5.41) is 9.96. The minimum atomic E-state index is -0.256. The Morgan fingerprint density at radius 2 is 1.93 bits per heavy atom. The van der Waals surface area contributed by atoms with Gasteiger partial charge in [-0.1, -0.05) is 32.9 Å². The van der Waals surface area contributed by atoms with Crippen LogP contribution in [0.25, 0.3) is 0 Å². The SMILES string of the molecule is Cc1nc2n(n1)CCC[C@@H]2NC(=O)CNC(=O)c1ccc(C(C)(C)C)cc1. The number of aromatic nitrogens is 3. The van der Waals surface area contributed by atoms with E-state index in [4.69, 9.17) is 0 Å². The van der Waals surface area contributed by atoms with Crippen LogP contribution in [-0.2, 0) is 16.8 Å². The van der Waals surface area contributed by atoms with Gasteiger partial charge in [0.15, 0.2) is 0 Å². The number of amides is 2. The lowest BCUT2D eigenvalue weighted by molar-refractivity contribution is -0.121. The minimum Gasteiger partial charge on any atom is -0.345 e. The van der Waals surface area contributed by atoms with Crippen molar-refractivity contribution in [1.82, 2.24) is 25.4 Å². The number of hydrogen-bond acceptors (Lipinski definition) is 4. The van der Waals surface area contributed by atoms with Crippen molar-refractivity contribution in [2.24, 2.45) is 0 Å². The van der Waals surface area contributed by atoms with Crippen molar-refractivity contribution in [2.75, 3.05) is 6.54 Å². The average molecular weight is 369 g/mol. The standard InChI is InChI=1S/C20H27N5O2/c1-13-22-18-16(6-5-11-25(18)24-13)23-17(26)12-21-19(27)14-7-9-15(10-8-14)20(2,3)4/h7-10,16H,5-6,11-12H2,1-4H3,(H,21,27)(H,23,26)/t16-/m0/s1. The van der Waals surface area contributed by atoms with Gasteiger partial charge in [-0.05, 0) is 42.9 Å². The molecule has 0 aliphatic carbocycles. The first kappa shape index (κ1) is 19.1. The number of hydrogen-bond donors (Lipinski definition) is 2. The zero-order chi connectivity index (χ0) is 19.6. The van der Waals surface area contributed by atoms with Gasteiger partial charge in [0.2, 0.25) is 5.91 Å². The molecule has 1 aliphatic heterocycles. The van der Waals surface area contributed by atoms with Crippen LogP contribution in [-0.4, -0.2) is 33.1 Å². The van der Waals surface area contributed by atoms with E-state index in [1.54, 1.807) is 12.1 Å². The number of benzene rings is 1. The first-order chi connectivity index (χ1) is 12.7. The number of nitrogens with one attached hydrogen (secondary N) is 2. The van der Waals surface area contributed by atoms with Crippen LogP contribution < -0.4 is 10.6 Å². The predicted molar refractivity (Wildman–Crippen MR) is 102 cm³/mol. The molecule has 2 heterocycles. The van der Waals surface area contributed by atoms with Crippen LogP contribution in [0.15, 0.2) is 24.3 Å². The Kier molecular flexibility index (Phi) is 5.30. The zero-order valence-electron chi connectivity index (χ0n) is 16.4. The Balaban J connectivity index is 1.54. The highest BCUT2D eigenvalue weighted by Gasteiger charge is 2.25. The fraction of sp³-hybridized carbons (Fsp3) is 0.500. The van der Waals surface area contributed by atoms with E-state index in [0.29, 0.717) is 11.4 Å². The molecule has 3 rings (SSSR count). The van der Waals surface area contributed by atoms with Crippen molar-refractivity contribution in [2.45, 2.75) is 58.5 Å². The number of carbonyl (C=O) groups excluding carboxylic acids is 2. The zero-order valence-corrected chi connectivity index (χ0v) is 16.4. The molecule has 1 aliphatic rings. The van der Waals surface area contributed by atoms with E-state index in [-0.39, 0.29) is 29.8 Å². The quantitative estimate of drug-likeness (QED) is 0.865. The summed E-state index contributed by atoms with van der Waals surface area (Å²) in [6.45, 7) is 8.97. The molecule has 0 fully saturated rings. The van der Waals surface area contributed by atoms with Crippen molar-refractivity contribution < 1.29 is 9.59 Å². The number of rotatable bonds is 4. The molecule has 0 bridgehead atoms. The van der Waals surface area contributed by atoms with Gasteiger partial charge in [-0.15, -0.1) is 0 Å². The van der Waals surface area contributed by atoms with Crippen LogP contribution in [0.3, 0.4) is 0 Å². The van der Waals surface area contributed by atoms with Gasteiger partial charge < -0.3 is 10.6 Å². The number of fused-ring (bicyclic) bond motifs is 1. The summed E-state index contributed by atoms with van der Waals surface area (Å²) in [6.07, 6.45) is 1.76. The molecule has 0 radical (unpaired) electrons. The van der Waals surface area contributed by atoms with Crippen LogP contribution in [0, 0.1) is 6.92 Å². The van der Waals surface area contributed by atoms with E-state index >= 15 is 0 Å². The Hall–Kier alpha value is -2.70. The minimum absolute atomic E-state index is 0.0355. The summed E-state index contributed by atoms with van der Waals surface area (Å²) in [6, 6.07) is 7.33. The predicted octanol–water partition coefficient (Wildman–Crippen LogP) is 2.27. The molecular weight excluding hydrogens is 342 g/mol. The Labute approximate surface area is 159 Å². The topological polar surface area (TPSA) is 88.9 Å². The maximum absolute atomic E-state index is 12.3. The molecule has 1 aromatic heterocycles.